The van der Waals surface area contributed by atoms with Crippen LogP contribution in [0.15, 0.2) is 0 Å². The number of carbonyl (C=O) groups excluding carboxylic acids is 2. The van der Waals surface area contributed by atoms with Crippen LogP contribution in [0.1, 0.15) is 0 Å². The Morgan fingerprint density at radius 2 is 0.758 bits per heavy atom. The van der Waals surface area contributed by atoms with Crippen LogP contribution in [0.4, 0.5) is 43.9 Å². The molecule has 1 fully saturated rings. The number of hydrogen-bond donors (Lipinski definition) is 0. The molecule has 16 heteroatoms. The first kappa shape index (κ1) is 24.2. The molecular formula is C17H4F10O6. The zero-order valence-electron chi connectivity index (χ0n) is 15.1. The summed E-state index contributed by atoms with van der Waals surface area (Å²) in [6.07, 6.45) is -4.76. The van der Waals surface area contributed by atoms with Crippen molar-refractivity contribution >= 4 is 11.9 Å². The van der Waals surface area contributed by atoms with Crippen LogP contribution in [0.2, 0.25) is 0 Å². The maximum absolute atomic E-state index is 13.6. The Morgan fingerprint density at radius 1 is 0.515 bits per heavy atom. The fourth-order valence-corrected chi connectivity index (χ4v) is 2.41. The Labute approximate surface area is 174 Å². The molecule has 2 unspecified atom stereocenters. The molecule has 6 nitrogen and oxygen atoms in total. The highest BCUT2D eigenvalue weighted by atomic mass is 19.2. The topological polar surface area (TPSA) is 71.1 Å². The summed E-state index contributed by atoms with van der Waals surface area (Å²) in [4.78, 5) is 24.1. The van der Waals surface area contributed by atoms with Crippen LogP contribution in [-0.4, -0.2) is 30.9 Å². The highest BCUT2D eigenvalue weighted by molar-refractivity contribution is 5.88. The standard InChI is InChI=1S/C17H4F10O6/c18-2-4(20)8(24)12(9(25)5(2)21)32-16(28)14-15(31-1-30-14)17(29)33-13-10(26)6(22)3(19)7(23)11(13)27/h14-15H,1H2. The molecule has 1 aliphatic heterocycles. The predicted molar refractivity (Wildman–Crippen MR) is 78.3 cm³/mol. The van der Waals surface area contributed by atoms with E-state index in [-0.39, 0.29) is 0 Å². The summed E-state index contributed by atoms with van der Waals surface area (Å²) in [5, 5.41) is 0. The van der Waals surface area contributed by atoms with E-state index < -0.39 is 101 Å². The third-order valence-corrected chi connectivity index (χ3v) is 3.98. The van der Waals surface area contributed by atoms with Gasteiger partial charge in [0.25, 0.3) is 0 Å². The van der Waals surface area contributed by atoms with Gasteiger partial charge in [-0.15, -0.1) is 0 Å². The van der Waals surface area contributed by atoms with Crippen molar-refractivity contribution in [3.05, 3.63) is 58.2 Å². The molecule has 0 aromatic heterocycles. The fraction of sp³-hybridized carbons (Fsp3) is 0.176. The van der Waals surface area contributed by atoms with Crippen LogP contribution in [-0.2, 0) is 19.1 Å². The molecular weight excluding hydrogens is 490 g/mol. The number of esters is 2. The lowest BCUT2D eigenvalue weighted by molar-refractivity contribution is -0.153. The van der Waals surface area contributed by atoms with Crippen LogP contribution < -0.4 is 9.47 Å². The first-order chi connectivity index (χ1) is 15.4. The zero-order valence-corrected chi connectivity index (χ0v) is 15.1. The van der Waals surface area contributed by atoms with E-state index in [9.17, 15) is 53.5 Å². The van der Waals surface area contributed by atoms with Gasteiger partial charge in [-0.3, -0.25) is 0 Å². The molecule has 1 heterocycles. The van der Waals surface area contributed by atoms with Gasteiger partial charge in [-0.1, -0.05) is 0 Å². The molecule has 33 heavy (non-hydrogen) atoms. The first-order valence-electron chi connectivity index (χ1n) is 8.07. The molecule has 0 radical (unpaired) electrons. The second-order valence-corrected chi connectivity index (χ2v) is 5.93. The van der Waals surface area contributed by atoms with Crippen molar-refractivity contribution in [2.24, 2.45) is 0 Å². The molecule has 2 aromatic carbocycles. The number of halogens is 10. The van der Waals surface area contributed by atoms with Crippen LogP contribution in [0.3, 0.4) is 0 Å². The molecule has 2 aromatic rings. The van der Waals surface area contributed by atoms with E-state index in [2.05, 4.69) is 18.9 Å². The van der Waals surface area contributed by atoms with Gasteiger partial charge in [-0.05, 0) is 0 Å². The summed E-state index contributed by atoms with van der Waals surface area (Å²) in [5.74, 6) is -33.5. The van der Waals surface area contributed by atoms with Gasteiger partial charge in [0.05, 0.1) is 0 Å². The molecule has 0 saturated carbocycles. The van der Waals surface area contributed by atoms with E-state index in [1.807, 2.05) is 0 Å². The SMILES string of the molecule is O=C(Oc1c(F)c(F)c(F)c(F)c1F)C1OCOC1C(=O)Oc1c(F)c(F)c(F)c(F)c1F. The van der Waals surface area contributed by atoms with Crippen molar-refractivity contribution in [1.82, 2.24) is 0 Å². The van der Waals surface area contributed by atoms with Crippen molar-refractivity contribution < 1.29 is 72.4 Å². The van der Waals surface area contributed by atoms with Crippen molar-refractivity contribution in [3.63, 3.8) is 0 Å². The second kappa shape index (κ2) is 8.86. The number of benzene rings is 2. The van der Waals surface area contributed by atoms with Crippen molar-refractivity contribution in [2.75, 3.05) is 6.79 Å². The summed E-state index contributed by atoms with van der Waals surface area (Å²) in [6, 6.07) is 0. The summed E-state index contributed by atoms with van der Waals surface area (Å²) in [5.41, 5.74) is 0. The summed E-state index contributed by atoms with van der Waals surface area (Å²) in [7, 11) is 0. The molecule has 3 rings (SSSR count). The Hall–Kier alpha value is -3.40. The highest BCUT2D eigenvalue weighted by Gasteiger charge is 2.45. The Balaban J connectivity index is 1.85. The van der Waals surface area contributed by atoms with E-state index in [0.29, 0.717) is 0 Å². The van der Waals surface area contributed by atoms with E-state index in [0.717, 1.165) is 0 Å². The summed E-state index contributed by atoms with van der Waals surface area (Å²) < 4.78 is 151. The molecule has 2 atom stereocenters. The largest absolute Gasteiger partial charge is 0.418 e. The van der Waals surface area contributed by atoms with E-state index in [1.54, 1.807) is 0 Å². The Morgan fingerprint density at radius 3 is 1.03 bits per heavy atom. The molecule has 178 valence electrons. The van der Waals surface area contributed by atoms with Crippen molar-refractivity contribution in [3.8, 4) is 11.5 Å². The highest BCUT2D eigenvalue weighted by Crippen LogP contribution is 2.32. The molecule has 0 N–H and O–H groups in total. The Bertz CT molecular complexity index is 1020. The Kier molecular flexibility index (Phi) is 6.51. The van der Waals surface area contributed by atoms with Gasteiger partial charge in [-0.2, -0.15) is 17.6 Å². The smallest absolute Gasteiger partial charge is 0.344 e. The average molecular weight is 494 g/mol. The number of carbonyl (C=O) groups is 2. The first-order valence-corrected chi connectivity index (χ1v) is 8.07. The molecule has 1 aliphatic rings. The molecule has 0 spiro atoms. The van der Waals surface area contributed by atoms with Gasteiger partial charge in [0.1, 0.15) is 6.79 Å². The van der Waals surface area contributed by atoms with Crippen LogP contribution >= 0.6 is 0 Å². The van der Waals surface area contributed by atoms with Gasteiger partial charge < -0.3 is 18.9 Å². The maximum Gasteiger partial charge on any atom is 0.344 e. The average Bonchev–Trinajstić information content (AvgIpc) is 3.29. The molecule has 0 bridgehead atoms. The minimum Gasteiger partial charge on any atom is -0.418 e. The predicted octanol–water partition coefficient (Wildman–Crippen LogP) is 3.33. The molecule has 1 saturated heterocycles. The van der Waals surface area contributed by atoms with Gasteiger partial charge in [-0.25, -0.2) is 35.9 Å². The van der Waals surface area contributed by atoms with Crippen LogP contribution in [0.5, 0.6) is 11.5 Å². The minimum atomic E-state index is -2.57. The lowest BCUT2D eigenvalue weighted by Gasteiger charge is -2.16. The zero-order chi connectivity index (χ0) is 24.8. The second-order valence-electron chi connectivity index (χ2n) is 5.93. The van der Waals surface area contributed by atoms with Gasteiger partial charge in [0.2, 0.25) is 69.7 Å². The van der Waals surface area contributed by atoms with Crippen LogP contribution in [0, 0.1) is 58.2 Å². The number of ether oxygens (including phenoxy) is 4. The van der Waals surface area contributed by atoms with Crippen molar-refractivity contribution in [2.45, 2.75) is 12.2 Å². The monoisotopic (exact) mass is 494 g/mol. The van der Waals surface area contributed by atoms with Gasteiger partial charge >= 0.3 is 11.9 Å². The summed E-state index contributed by atoms with van der Waals surface area (Å²) >= 11 is 0. The third kappa shape index (κ3) is 4.06. The van der Waals surface area contributed by atoms with Crippen LogP contribution in [0.25, 0.3) is 0 Å². The van der Waals surface area contributed by atoms with Crippen molar-refractivity contribution in [1.29, 1.82) is 0 Å². The van der Waals surface area contributed by atoms with Gasteiger partial charge in [0, 0.05) is 0 Å². The van der Waals surface area contributed by atoms with E-state index >= 15 is 0 Å². The fourth-order valence-electron chi connectivity index (χ4n) is 2.41. The van der Waals surface area contributed by atoms with E-state index in [1.165, 1.54) is 0 Å². The lowest BCUT2D eigenvalue weighted by atomic mass is 10.2. The lowest BCUT2D eigenvalue weighted by Crippen LogP contribution is -2.42. The molecule has 0 aliphatic carbocycles. The number of rotatable bonds is 4. The third-order valence-electron chi connectivity index (χ3n) is 3.98. The maximum atomic E-state index is 13.6. The number of hydrogen-bond acceptors (Lipinski definition) is 6. The summed E-state index contributed by atoms with van der Waals surface area (Å²) in [6.45, 7) is -0.978. The molecule has 0 amide bonds. The van der Waals surface area contributed by atoms with E-state index in [4.69, 9.17) is 0 Å². The quantitative estimate of drug-likeness (QED) is 0.214. The minimum absolute atomic E-state index is 0.978. The van der Waals surface area contributed by atoms with Gasteiger partial charge in [0.15, 0.2) is 12.2 Å². The normalized spacial score (nSPS) is 17.9.